The summed E-state index contributed by atoms with van der Waals surface area (Å²) in [7, 11) is 12.6. The van der Waals surface area contributed by atoms with Crippen LogP contribution in [0.1, 0.15) is 38.8 Å². The molecule has 2 heteroatoms. The lowest BCUT2D eigenvalue weighted by atomic mass is 9.63. The van der Waals surface area contributed by atoms with Crippen LogP contribution in [0.15, 0.2) is 48.5 Å². The molecule has 0 spiro atoms. The van der Waals surface area contributed by atoms with Gasteiger partial charge in [0.1, 0.15) is 0 Å². The Morgan fingerprint density at radius 1 is 0.650 bits per heavy atom. The van der Waals surface area contributed by atoms with E-state index in [-0.39, 0.29) is 10.6 Å². The van der Waals surface area contributed by atoms with E-state index in [9.17, 15) is 0 Å². The van der Waals surface area contributed by atoms with Crippen molar-refractivity contribution >= 4 is 15.7 Å². The molecule has 20 heavy (non-hydrogen) atoms. The van der Waals surface area contributed by atoms with E-state index in [0.717, 1.165) is 16.7 Å². The summed E-state index contributed by atoms with van der Waals surface area (Å²) in [6.45, 7) is 8.07. The van der Waals surface area contributed by atoms with Crippen molar-refractivity contribution in [3.05, 3.63) is 59.7 Å². The summed E-state index contributed by atoms with van der Waals surface area (Å²) in [5.41, 5.74) is 4.55. The largest absolute Gasteiger partial charge is 0.0802 e. The molecule has 98 valence electrons. The van der Waals surface area contributed by atoms with Crippen LogP contribution in [0.5, 0.6) is 0 Å². The van der Waals surface area contributed by atoms with E-state index in [1.54, 1.807) is 0 Å². The van der Waals surface area contributed by atoms with Crippen LogP contribution >= 0.6 is 0 Å². The van der Waals surface area contributed by atoms with Gasteiger partial charge in [-0.2, -0.15) is 0 Å². The van der Waals surface area contributed by atoms with Crippen molar-refractivity contribution in [3.63, 3.8) is 0 Å². The third kappa shape index (κ3) is 3.36. The molecule has 0 saturated carbocycles. The molecule has 2 rings (SSSR count). The number of benzene rings is 2. The van der Waals surface area contributed by atoms with E-state index in [1.165, 1.54) is 5.56 Å². The number of hydrogen-bond donors (Lipinski definition) is 0. The molecule has 0 aliphatic rings. The molecule has 0 aliphatic carbocycles. The molecular weight excluding hydrogens is 238 g/mol. The Morgan fingerprint density at radius 2 is 1.10 bits per heavy atom. The highest BCUT2D eigenvalue weighted by Crippen LogP contribution is 2.31. The van der Waals surface area contributed by atoms with Crippen molar-refractivity contribution < 1.29 is 0 Å². The topological polar surface area (TPSA) is 0 Å². The Morgan fingerprint density at radius 3 is 1.50 bits per heavy atom. The summed E-state index contributed by atoms with van der Waals surface area (Å²) in [6, 6.07) is 16.8. The van der Waals surface area contributed by atoms with E-state index in [0.29, 0.717) is 0 Å². The van der Waals surface area contributed by atoms with Crippen LogP contribution in [-0.2, 0) is 10.6 Å². The first-order chi connectivity index (χ1) is 9.18. The van der Waals surface area contributed by atoms with Gasteiger partial charge in [0.25, 0.3) is 0 Å². The molecule has 2 aromatic rings. The molecule has 0 saturated heterocycles. The second kappa shape index (κ2) is 5.16. The molecule has 2 aromatic carbocycles. The SMILES string of the molecule is [B]C(C)(C)c1cc(-c2ccccc2)cc(C([B])(C)C)c1. The van der Waals surface area contributed by atoms with E-state index >= 15 is 0 Å². The summed E-state index contributed by atoms with van der Waals surface area (Å²) < 4.78 is 0. The molecule has 0 atom stereocenters. The fourth-order valence-corrected chi connectivity index (χ4v) is 2.17. The highest BCUT2D eigenvalue weighted by Gasteiger charge is 2.20. The normalized spacial score (nSPS) is 12.4. The van der Waals surface area contributed by atoms with Gasteiger partial charge in [0.05, 0.1) is 15.7 Å². The molecule has 0 nitrogen and oxygen atoms in total. The van der Waals surface area contributed by atoms with Crippen LogP contribution in [0.25, 0.3) is 11.1 Å². The Kier molecular flexibility index (Phi) is 3.86. The average molecular weight is 258 g/mol. The predicted molar refractivity (Wildman–Crippen MR) is 89.4 cm³/mol. The minimum absolute atomic E-state index is 0.384. The minimum Gasteiger partial charge on any atom is -0.0639 e. The number of rotatable bonds is 3. The summed E-state index contributed by atoms with van der Waals surface area (Å²) >= 11 is 0. The van der Waals surface area contributed by atoms with Gasteiger partial charge in [-0.15, -0.1) is 0 Å². The highest BCUT2D eigenvalue weighted by atomic mass is 14.2. The zero-order valence-corrected chi connectivity index (χ0v) is 12.8. The summed E-state index contributed by atoms with van der Waals surface area (Å²) in [6.07, 6.45) is 0. The van der Waals surface area contributed by atoms with Gasteiger partial charge in [-0.05, 0) is 21.8 Å². The third-order valence-electron chi connectivity index (χ3n) is 3.53. The van der Waals surface area contributed by atoms with Gasteiger partial charge in [-0.25, -0.2) is 0 Å². The lowest BCUT2D eigenvalue weighted by Crippen LogP contribution is -2.21. The zero-order chi connectivity index (χ0) is 15.0. The van der Waals surface area contributed by atoms with Crippen molar-refractivity contribution in [2.24, 2.45) is 0 Å². The molecule has 0 N–H and O–H groups in total. The van der Waals surface area contributed by atoms with Gasteiger partial charge in [0.2, 0.25) is 0 Å². The lowest BCUT2D eigenvalue weighted by Gasteiger charge is -2.27. The van der Waals surface area contributed by atoms with Gasteiger partial charge in [0, 0.05) is 0 Å². The fraction of sp³-hybridized carbons (Fsp3) is 0.333. The zero-order valence-electron chi connectivity index (χ0n) is 12.8. The molecule has 0 bridgehead atoms. The Balaban J connectivity index is 2.64. The molecule has 0 amide bonds. The van der Waals surface area contributed by atoms with Crippen LogP contribution in [0.3, 0.4) is 0 Å². The molecule has 0 aromatic heterocycles. The lowest BCUT2D eigenvalue weighted by molar-refractivity contribution is 0.736. The van der Waals surface area contributed by atoms with E-state index in [4.69, 9.17) is 15.7 Å². The smallest absolute Gasteiger partial charge is 0.0639 e. The summed E-state index contributed by atoms with van der Waals surface area (Å²) in [5, 5.41) is -0.768. The second-order valence-corrected chi connectivity index (χ2v) is 6.61. The predicted octanol–water partition coefficient (Wildman–Crippen LogP) is 4.16. The Labute approximate surface area is 125 Å². The van der Waals surface area contributed by atoms with Crippen LogP contribution < -0.4 is 0 Å². The summed E-state index contributed by atoms with van der Waals surface area (Å²) in [4.78, 5) is 0. The first-order valence-corrected chi connectivity index (χ1v) is 6.97. The van der Waals surface area contributed by atoms with Gasteiger partial charge < -0.3 is 0 Å². The maximum Gasteiger partial charge on any atom is 0.0802 e. The third-order valence-corrected chi connectivity index (χ3v) is 3.53. The van der Waals surface area contributed by atoms with E-state index in [2.05, 4.69) is 30.3 Å². The first kappa shape index (κ1) is 15.0. The van der Waals surface area contributed by atoms with E-state index in [1.807, 2.05) is 45.9 Å². The molecule has 4 radical (unpaired) electrons. The van der Waals surface area contributed by atoms with Crippen molar-refractivity contribution in [1.82, 2.24) is 0 Å². The van der Waals surface area contributed by atoms with Crippen LogP contribution in [0, 0.1) is 0 Å². The molecule has 0 heterocycles. The Hall–Kier alpha value is -1.43. The van der Waals surface area contributed by atoms with Crippen LogP contribution in [-0.4, -0.2) is 15.7 Å². The molecule has 0 unspecified atom stereocenters. The fourth-order valence-electron chi connectivity index (χ4n) is 2.17. The molecule has 0 aliphatic heterocycles. The van der Waals surface area contributed by atoms with Gasteiger partial charge in [-0.1, -0.05) is 87.4 Å². The maximum atomic E-state index is 6.28. The maximum absolute atomic E-state index is 6.28. The van der Waals surface area contributed by atoms with Crippen molar-refractivity contribution in [3.8, 4) is 11.1 Å². The second-order valence-electron chi connectivity index (χ2n) is 6.61. The minimum atomic E-state index is -0.384. The van der Waals surface area contributed by atoms with Gasteiger partial charge in [0.15, 0.2) is 0 Å². The summed E-state index contributed by atoms with van der Waals surface area (Å²) in [5.74, 6) is 0. The van der Waals surface area contributed by atoms with Gasteiger partial charge in [-0.3, -0.25) is 0 Å². The Bertz CT molecular complexity index is 555. The molecular formula is C18H20B2. The average Bonchev–Trinajstić information content (AvgIpc) is 2.37. The van der Waals surface area contributed by atoms with Gasteiger partial charge >= 0.3 is 0 Å². The van der Waals surface area contributed by atoms with Crippen molar-refractivity contribution in [2.75, 3.05) is 0 Å². The quantitative estimate of drug-likeness (QED) is 0.725. The van der Waals surface area contributed by atoms with Crippen LogP contribution in [0.4, 0.5) is 0 Å². The molecule has 0 fully saturated rings. The van der Waals surface area contributed by atoms with Crippen LogP contribution in [0.2, 0.25) is 0 Å². The van der Waals surface area contributed by atoms with Crippen molar-refractivity contribution in [1.29, 1.82) is 0 Å². The standard InChI is InChI=1S/C18H20B2/c1-17(2,19)15-10-14(13-8-6-5-7-9-13)11-16(12-15)18(3,4)20/h5-12H,1-4H3. The number of hydrogen-bond acceptors (Lipinski definition) is 0. The highest BCUT2D eigenvalue weighted by molar-refractivity contribution is 6.16. The van der Waals surface area contributed by atoms with Crippen molar-refractivity contribution in [2.45, 2.75) is 38.3 Å². The van der Waals surface area contributed by atoms with E-state index < -0.39 is 0 Å². The first-order valence-electron chi connectivity index (χ1n) is 6.97. The monoisotopic (exact) mass is 258 g/mol.